The van der Waals surface area contributed by atoms with Crippen LogP contribution >= 0.6 is 0 Å². The van der Waals surface area contributed by atoms with E-state index in [2.05, 4.69) is 10.4 Å². The minimum absolute atomic E-state index is 0.0437. The van der Waals surface area contributed by atoms with Crippen LogP contribution in [0.1, 0.15) is 44.9 Å². The van der Waals surface area contributed by atoms with Crippen molar-refractivity contribution in [3.8, 4) is 0 Å². The van der Waals surface area contributed by atoms with Gasteiger partial charge in [-0.1, -0.05) is 19.3 Å². The second-order valence-electron chi connectivity index (χ2n) is 7.26. The van der Waals surface area contributed by atoms with Crippen molar-refractivity contribution in [1.29, 1.82) is 0 Å². The predicted molar refractivity (Wildman–Crippen MR) is 106 cm³/mol. The van der Waals surface area contributed by atoms with E-state index in [1.54, 1.807) is 19.2 Å². The number of nitrogens with one attached hydrogen (secondary N) is 1. The number of rotatable bonds is 5. The van der Waals surface area contributed by atoms with Gasteiger partial charge in [0.15, 0.2) is 0 Å². The van der Waals surface area contributed by atoms with Crippen molar-refractivity contribution < 1.29 is 18.0 Å². The molecule has 1 N–H and O–H groups in total. The zero-order valence-electron chi connectivity index (χ0n) is 16.2. The fourth-order valence-corrected chi connectivity index (χ4v) is 4.97. The fourth-order valence-electron chi connectivity index (χ4n) is 3.55. The summed E-state index contributed by atoms with van der Waals surface area (Å²) < 4.78 is 27.2. The lowest BCUT2D eigenvalue weighted by atomic mass is 9.96. The molecule has 1 fully saturated rings. The first-order valence-corrected chi connectivity index (χ1v) is 11.0. The summed E-state index contributed by atoms with van der Waals surface area (Å²) in [4.78, 5) is 24.0. The van der Waals surface area contributed by atoms with Crippen molar-refractivity contribution in [2.75, 3.05) is 19.4 Å². The number of carbonyl (C=O) groups is 2. The maximum atomic E-state index is 12.9. The zero-order chi connectivity index (χ0) is 20.3. The van der Waals surface area contributed by atoms with E-state index in [1.165, 1.54) is 23.5 Å². The zero-order valence-corrected chi connectivity index (χ0v) is 17.0. The number of carbonyl (C=O) groups excluding carboxylic acids is 2. The Balaban J connectivity index is 1.68. The molecule has 2 amide bonds. The average Bonchev–Trinajstić information content (AvgIpc) is 2.70. The minimum Gasteiger partial charge on any atom is -0.321 e. The highest BCUT2D eigenvalue weighted by atomic mass is 32.2. The van der Waals surface area contributed by atoms with Gasteiger partial charge in [0.25, 0.3) is 5.91 Å². The van der Waals surface area contributed by atoms with E-state index in [0.717, 1.165) is 37.1 Å². The molecule has 0 unspecified atom stereocenters. The van der Waals surface area contributed by atoms with Crippen molar-refractivity contribution in [2.45, 2.75) is 55.9 Å². The van der Waals surface area contributed by atoms with Gasteiger partial charge in [-0.3, -0.25) is 9.59 Å². The largest absolute Gasteiger partial charge is 0.321 e. The first kappa shape index (κ1) is 20.5. The van der Waals surface area contributed by atoms with E-state index < -0.39 is 15.9 Å². The first-order valence-electron chi connectivity index (χ1n) is 9.52. The number of anilines is 1. The van der Waals surface area contributed by atoms with Crippen LogP contribution in [0.5, 0.6) is 0 Å². The molecule has 1 aromatic carbocycles. The van der Waals surface area contributed by atoms with Gasteiger partial charge in [-0.05, 0) is 37.1 Å². The van der Waals surface area contributed by atoms with Crippen LogP contribution in [0.25, 0.3) is 0 Å². The predicted octanol–water partition coefficient (Wildman–Crippen LogP) is 2.19. The second-order valence-corrected chi connectivity index (χ2v) is 9.25. The van der Waals surface area contributed by atoms with Crippen LogP contribution in [0, 0.1) is 0 Å². The molecule has 0 atom stereocenters. The Morgan fingerprint density at radius 2 is 1.79 bits per heavy atom. The number of hydrogen-bond acceptors (Lipinski definition) is 5. The van der Waals surface area contributed by atoms with Crippen molar-refractivity contribution in [3.63, 3.8) is 0 Å². The summed E-state index contributed by atoms with van der Waals surface area (Å²) >= 11 is 0. The van der Waals surface area contributed by atoms with Crippen molar-refractivity contribution in [3.05, 3.63) is 24.3 Å². The van der Waals surface area contributed by atoms with Crippen molar-refractivity contribution in [2.24, 2.45) is 5.10 Å². The summed E-state index contributed by atoms with van der Waals surface area (Å²) in [7, 11) is -0.415. The molecule has 2 aliphatic rings. The quantitative estimate of drug-likeness (QED) is 0.810. The van der Waals surface area contributed by atoms with Gasteiger partial charge in [0.1, 0.15) is 5.71 Å². The van der Waals surface area contributed by atoms with Gasteiger partial charge in [0, 0.05) is 38.7 Å². The number of amides is 2. The van der Waals surface area contributed by atoms with Crippen LogP contribution in [-0.4, -0.2) is 55.4 Å². The third-order valence-electron chi connectivity index (χ3n) is 5.35. The topological polar surface area (TPSA) is 99.2 Å². The minimum atomic E-state index is -3.56. The molecule has 28 heavy (non-hydrogen) atoms. The normalized spacial score (nSPS) is 18.9. The lowest BCUT2D eigenvalue weighted by Gasteiger charge is -2.30. The molecular formula is C19H26N4O4S. The SMILES string of the molecule is CN1N=C(C(=O)Nc2ccc(S(=O)(=O)N(C)C3CCCCC3)cc2)CCC1=O. The van der Waals surface area contributed by atoms with Crippen LogP contribution < -0.4 is 5.32 Å². The standard InChI is InChI=1S/C19H26N4O4S/c1-22-18(24)13-12-17(21-22)19(25)20-14-8-10-16(11-9-14)28(26,27)23(2)15-6-4-3-5-7-15/h8-11,15H,3-7,12-13H2,1-2H3,(H,20,25). The number of benzene rings is 1. The molecule has 1 aliphatic heterocycles. The molecule has 1 heterocycles. The average molecular weight is 407 g/mol. The maximum absolute atomic E-state index is 12.9. The Kier molecular flexibility index (Phi) is 6.14. The third-order valence-corrected chi connectivity index (χ3v) is 7.27. The van der Waals surface area contributed by atoms with Crippen LogP contribution in [0.4, 0.5) is 5.69 Å². The molecule has 1 aliphatic carbocycles. The van der Waals surface area contributed by atoms with Crippen molar-refractivity contribution >= 4 is 33.2 Å². The number of nitrogens with zero attached hydrogens (tertiary/aromatic N) is 3. The fraction of sp³-hybridized carbons (Fsp3) is 0.526. The van der Waals surface area contributed by atoms with Gasteiger partial charge in [0.2, 0.25) is 15.9 Å². The summed E-state index contributed by atoms with van der Waals surface area (Å²) in [5.41, 5.74) is 0.752. The van der Waals surface area contributed by atoms with Gasteiger partial charge >= 0.3 is 0 Å². The first-order chi connectivity index (χ1) is 13.3. The maximum Gasteiger partial charge on any atom is 0.271 e. The molecule has 0 aromatic heterocycles. The van der Waals surface area contributed by atoms with Gasteiger partial charge in [0.05, 0.1) is 4.90 Å². The summed E-state index contributed by atoms with van der Waals surface area (Å²) in [6, 6.07) is 6.18. The lowest BCUT2D eigenvalue weighted by molar-refractivity contribution is -0.130. The molecule has 9 heteroatoms. The van der Waals surface area contributed by atoms with E-state index in [0.29, 0.717) is 5.69 Å². The Morgan fingerprint density at radius 3 is 2.39 bits per heavy atom. The molecule has 1 saturated carbocycles. The highest BCUT2D eigenvalue weighted by Gasteiger charge is 2.29. The van der Waals surface area contributed by atoms with Crippen LogP contribution in [0.2, 0.25) is 0 Å². The molecule has 152 valence electrons. The highest BCUT2D eigenvalue weighted by Crippen LogP contribution is 2.27. The van der Waals surface area contributed by atoms with Gasteiger partial charge in [-0.15, -0.1) is 0 Å². The number of sulfonamides is 1. The smallest absolute Gasteiger partial charge is 0.271 e. The Labute approximate surface area is 165 Å². The van der Waals surface area contributed by atoms with E-state index in [9.17, 15) is 18.0 Å². The van der Waals surface area contributed by atoms with E-state index in [-0.39, 0.29) is 35.4 Å². The lowest BCUT2D eigenvalue weighted by Crippen LogP contribution is -2.38. The monoisotopic (exact) mass is 406 g/mol. The molecule has 0 radical (unpaired) electrons. The molecular weight excluding hydrogens is 380 g/mol. The summed E-state index contributed by atoms with van der Waals surface area (Å²) in [6.45, 7) is 0. The van der Waals surface area contributed by atoms with Crippen molar-refractivity contribution in [1.82, 2.24) is 9.31 Å². The van der Waals surface area contributed by atoms with Gasteiger partial charge in [-0.25, -0.2) is 13.4 Å². The van der Waals surface area contributed by atoms with E-state index >= 15 is 0 Å². The molecule has 1 aromatic rings. The third kappa shape index (κ3) is 4.41. The Hall–Kier alpha value is -2.26. The summed E-state index contributed by atoms with van der Waals surface area (Å²) in [5, 5.41) is 7.84. The number of hydrazone groups is 1. The van der Waals surface area contributed by atoms with E-state index in [4.69, 9.17) is 0 Å². The van der Waals surface area contributed by atoms with Gasteiger partial charge < -0.3 is 5.32 Å². The Morgan fingerprint density at radius 1 is 1.14 bits per heavy atom. The van der Waals surface area contributed by atoms with Gasteiger partial charge in [-0.2, -0.15) is 9.41 Å². The highest BCUT2D eigenvalue weighted by molar-refractivity contribution is 7.89. The molecule has 0 saturated heterocycles. The molecule has 8 nitrogen and oxygen atoms in total. The van der Waals surface area contributed by atoms with Crippen LogP contribution in [0.3, 0.4) is 0 Å². The van der Waals surface area contributed by atoms with E-state index in [1.807, 2.05) is 0 Å². The van der Waals surface area contributed by atoms with Crippen LogP contribution in [-0.2, 0) is 19.6 Å². The number of hydrogen-bond donors (Lipinski definition) is 1. The summed E-state index contributed by atoms with van der Waals surface area (Å²) in [6.07, 6.45) is 5.58. The molecule has 3 rings (SSSR count). The molecule has 0 bridgehead atoms. The summed E-state index contributed by atoms with van der Waals surface area (Å²) in [5.74, 6) is -0.525. The second kappa shape index (κ2) is 8.40. The molecule has 0 spiro atoms. The van der Waals surface area contributed by atoms with Crippen LogP contribution in [0.15, 0.2) is 34.3 Å². The Bertz CT molecular complexity index is 874.